The van der Waals surface area contributed by atoms with Crippen molar-refractivity contribution in [2.24, 2.45) is 0 Å². The molecule has 0 aromatic heterocycles. The van der Waals surface area contributed by atoms with Crippen LogP contribution in [0.2, 0.25) is 0 Å². The van der Waals surface area contributed by atoms with Crippen LogP contribution in [0, 0.1) is 0 Å². The maximum absolute atomic E-state index is 12.7. The van der Waals surface area contributed by atoms with Gasteiger partial charge in [0, 0.05) is 12.8 Å². The molecule has 0 spiro atoms. The molecule has 0 aromatic rings. The zero-order valence-electron chi connectivity index (χ0n) is 37.3. The van der Waals surface area contributed by atoms with Crippen molar-refractivity contribution >= 4 is 19.8 Å². The predicted octanol–water partition coefficient (Wildman–Crippen LogP) is 13.1. The molecule has 2 atom stereocenters. The van der Waals surface area contributed by atoms with Crippen LogP contribution in [0.3, 0.4) is 0 Å². The molecular formula is C47H87NO8P+. The molecule has 0 fully saturated rings. The van der Waals surface area contributed by atoms with Crippen LogP contribution in [0.4, 0.5) is 0 Å². The van der Waals surface area contributed by atoms with Gasteiger partial charge in [-0.3, -0.25) is 18.6 Å². The fourth-order valence-electron chi connectivity index (χ4n) is 5.94. The molecule has 9 nitrogen and oxygen atoms in total. The van der Waals surface area contributed by atoms with Crippen LogP contribution in [-0.2, 0) is 32.7 Å². The first-order valence-electron chi connectivity index (χ1n) is 22.9. The first-order valence-corrected chi connectivity index (χ1v) is 24.4. The van der Waals surface area contributed by atoms with Crippen molar-refractivity contribution in [1.29, 1.82) is 0 Å². The minimum Gasteiger partial charge on any atom is -0.462 e. The SMILES string of the molecule is CCCC/C=C\C/C=C\CCCCCCCC(=O)OCC(COP(=O)(O)OCC[N+](C)(C)C)OC(=O)CCCCCCCCCCC/C=C\C/C=C\CCCCC. The van der Waals surface area contributed by atoms with Gasteiger partial charge in [0.05, 0.1) is 27.7 Å². The molecule has 10 heteroatoms. The third-order valence-corrected chi connectivity index (χ3v) is 10.6. The number of phosphoric acid groups is 1. The lowest BCUT2D eigenvalue weighted by molar-refractivity contribution is -0.870. The molecule has 332 valence electrons. The van der Waals surface area contributed by atoms with E-state index in [-0.39, 0.29) is 32.0 Å². The molecule has 0 aliphatic rings. The molecular weight excluding hydrogens is 737 g/mol. The second kappa shape index (κ2) is 39.4. The van der Waals surface area contributed by atoms with Crippen molar-refractivity contribution in [3.8, 4) is 0 Å². The number of allylic oxidation sites excluding steroid dienone is 8. The van der Waals surface area contributed by atoms with Gasteiger partial charge >= 0.3 is 19.8 Å². The summed E-state index contributed by atoms with van der Waals surface area (Å²) in [6.45, 7) is 4.33. The summed E-state index contributed by atoms with van der Waals surface area (Å²) in [5.74, 6) is -0.820. The summed E-state index contributed by atoms with van der Waals surface area (Å²) in [6, 6.07) is 0. The van der Waals surface area contributed by atoms with Gasteiger partial charge in [-0.2, -0.15) is 0 Å². The number of carbonyl (C=O) groups excluding carboxylic acids is 2. The largest absolute Gasteiger partial charge is 0.472 e. The number of nitrogens with zero attached hydrogens (tertiary/aromatic N) is 1. The Balaban J connectivity index is 4.35. The van der Waals surface area contributed by atoms with Gasteiger partial charge in [-0.05, 0) is 70.6 Å². The van der Waals surface area contributed by atoms with E-state index in [0.717, 1.165) is 83.5 Å². The number of esters is 2. The average molecular weight is 825 g/mol. The first-order chi connectivity index (χ1) is 27.5. The van der Waals surface area contributed by atoms with Crippen molar-refractivity contribution in [2.75, 3.05) is 47.5 Å². The fourth-order valence-corrected chi connectivity index (χ4v) is 6.68. The van der Waals surface area contributed by atoms with Gasteiger partial charge in [-0.1, -0.05) is 152 Å². The van der Waals surface area contributed by atoms with E-state index < -0.39 is 26.5 Å². The van der Waals surface area contributed by atoms with Crippen molar-refractivity contribution in [1.82, 2.24) is 0 Å². The highest BCUT2D eigenvalue weighted by Gasteiger charge is 2.27. The van der Waals surface area contributed by atoms with Gasteiger partial charge < -0.3 is 18.9 Å². The van der Waals surface area contributed by atoms with Crippen molar-refractivity contribution in [3.63, 3.8) is 0 Å². The molecule has 2 unspecified atom stereocenters. The maximum Gasteiger partial charge on any atom is 0.472 e. The van der Waals surface area contributed by atoms with Crippen LogP contribution in [0.25, 0.3) is 0 Å². The molecule has 0 radical (unpaired) electrons. The van der Waals surface area contributed by atoms with Crippen LogP contribution >= 0.6 is 7.82 Å². The molecule has 0 aliphatic heterocycles. The molecule has 0 aromatic carbocycles. The predicted molar refractivity (Wildman–Crippen MR) is 238 cm³/mol. The number of unbranched alkanes of at least 4 members (excludes halogenated alkanes) is 19. The van der Waals surface area contributed by atoms with E-state index in [1.54, 1.807) is 0 Å². The molecule has 57 heavy (non-hydrogen) atoms. The van der Waals surface area contributed by atoms with E-state index in [9.17, 15) is 19.0 Å². The van der Waals surface area contributed by atoms with E-state index in [1.165, 1.54) is 70.6 Å². The van der Waals surface area contributed by atoms with E-state index in [0.29, 0.717) is 17.4 Å². The van der Waals surface area contributed by atoms with Crippen LogP contribution in [0.15, 0.2) is 48.6 Å². The summed E-state index contributed by atoms with van der Waals surface area (Å²) in [6.07, 6.45) is 45.8. The Kier molecular flexibility index (Phi) is 38.0. The Morgan fingerprint density at radius 1 is 0.544 bits per heavy atom. The summed E-state index contributed by atoms with van der Waals surface area (Å²) in [5, 5.41) is 0. The van der Waals surface area contributed by atoms with E-state index >= 15 is 0 Å². The molecule has 0 amide bonds. The highest BCUT2D eigenvalue weighted by Crippen LogP contribution is 2.43. The normalized spacial score (nSPS) is 14.0. The van der Waals surface area contributed by atoms with Gasteiger partial charge in [-0.15, -0.1) is 0 Å². The fraction of sp³-hybridized carbons (Fsp3) is 0.787. The standard InChI is InChI=1S/C47H86NO8P/c1-6-8-10-12-14-16-18-20-22-23-24-25-26-28-30-32-34-36-38-40-47(50)56-45(44-55-57(51,52)54-42-41-48(3,4)5)43-53-46(49)39-37-35-33-31-29-27-21-19-17-15-13-11-9-7-2/h13-16,19-22,45H,6-12,17-18,23-44H2,1-5H3/p+1/b15-13-,16-14-,21-19-,22-20-. The number of ether oxygens (including phenoxy) is 2. The third-order valence-electron chi connectivity index (χ3n) is 9.58. The number of hydrogen-bond donors (Lipinski definition) is 1. The number of carbonyl (C=O) groups is 2. The zero-order valence-corrected chi connectivity index (χ0v) is 38.2. The Labute approximate surface area is 350 Å². The summed E-state index contributed by atoms with van der Waals surface area (Å²) < 4.78 is 34.3. The second-order valence-electron chi connectivity index (χ2n) is 16.4. The Morgan fingerprint density at radius 2 is 0.965 bits per heavy atom. The topological polar surface area (TPSA) is 108 Å². The summed E-state index contributed by atoms with van der Waals surface area (Å²) in [5.41, 5.74) is 0. The van der Waals surface area contributed by atoms with E-state index in [1.807, 2.05) is 21.1 Å². The number of likely N-dealkylation sites (N-methyl/N-ethyl adjacent to an activating group) is 1. The van der Waals surface area contributed by atoms with Gasteiger partial charge in [0.25, 0.3) is 0 Å². The highest BCUT2D eigenvalue weighted by atomic mass is 31.2. The van der Waals surface area contributed by atoms with Crippen molar-refractivity contribution in [2.45, 2.75) is 193 Å². The number of phosphoric ester groups is 1. The number of quaternary nitrogens is 1. The molecule has 0 aliphatic carbocycles. The minimum atomic E-state index is -4.38. The summed E-state index contributed by atoms with van der Waals surface area (Å²) in [4.78, 5) is 35.4. The quantitative estimate of drug-likeness (QED) is 0.0213. The monoisotopic (exact) mass is 825 g/mol. The van der Waals surface area contributed by atoms with Crippen LogP contribution in [0.5, 0.6) is 0 Å². The summed E-state index contributed by atoms with van der Waals surface area (Å²) >= 11 is 0. The van der Waals surface area contributed by atoms with Gasteiger partial charge in [-0.25, -0.2) is 4.57 Å². The first kappa shape index (κ1) is 55.0. The lowest BCUT2D eigenvalue weighted by Gasteiger charge is -2.24. The smallest absolute Gasteiger partial charge is 0.462 e. The maximum atomic E-state index is 12.7. The minimum absolute atomic E-state index is 0.0272. The van der Waals surface area contributed by atoms with Gasteiger partial charge in [0.15, 0.2) is 6.10 Å². The van der Waals surface area contributed by atoms with Crippen molar-refractivity contribution in [3.05, 3.63) is 48.6 Å². The second-order valence-corrected chi connectivity index (χ2v) is 17.9. The Bertz CT molecular complexity index is 1110. The highest BCUT2D eigenvalue weighted by molar-refractivity contribution is 7.47. The average Bonchev–Trinajstić information content (AvgIpc) is 3.16. The molecule has 0 heterocycles. The molecule has 0 rings (SSSR count). The Morgan fingerprint density at radius 3 is 1.44 bits per heavy atom. The lowest BCUT2D eigenvalue weighted by Crippen LogP contribution is -2.37. The Hall–Kier alpha value is -2.03. The molecule has 0 saturated carbocycles. The molecule has 0 saturated heterocycles. The van der Waals surface area contributed by atoms with Gasteiger partial charge in [0.2, 0.25) is 0 Å². The number of rotatable bonds is 41. The van der Waals surface area contributed by atoms with Crippen molar-refractivity contribution < 1.29 is 42.1 Å². The third kappa shape index (κ3) is 43.4. The number of hydrogen-bond acceptors (Lipinski definition) is 7. The molecule has 1 N–H and O–H groups in total. The lowest BCUT2D eigenvalue weighted by atomic mass is 10.1. The molecule has 0 bridgehead atoms. The van der Waals surface area contributed by atoms with E-state index in [2.05, 4.69) is 62.5 Å². The zero-order chi connectivity index (χ0) is 42.1. The van der Waals surface area contributed by atoms with Crippen LogP contribution < -0.4 is 0 Å². The van der Waals surface area contributed by atoms with Crippen LogP contribution in [-0.4, -0.2) is 74.9 Å². The van der Waals surface area contributed by atoms with Crippen LogP contribution in [0.1, 0.15) is 187 Å². The van der Waals surface area contributed by atoms with Gasteiger partial charge in [0.1, 0.15) is 19.8 Å². The summed E-state index contributed by atoms with van der Waals surface area (Å²) in [7, 11) is 1.46. The van der Waals surface area contributed by atoms with E-state index in [4.69, 9.17) is 18.5 Å².